The number of thioether (sulfide) groups is 1. The highest BCUT2D eigenvalue weighted by atomic mass is 32.2. The van der Waals surface area contributed by atoms with Crippen LogP contribution in [-0.4, -0.2) is 59.5 Å². The lowest BCUT2D eigenvalue weighted by molar-refractivity contribution is -0.148. The zero-order chi connectivity index (χ0) is 15.9. The molecule has 8 nitrogen and oxygen atoms in total. The van der Waals surface area contributed by atoms with Crippen molar-refractivity contribution in [2.75, 3.05) is 25.4 Å². The highest BCUT2D eigenvalue weighted by Crippen LogP contribution is 2.17. The predicted molar refractivity (Wildman–Crippen MR) is 79.3 cm³/mol. The molecule has 0 atom stereocenters. The molecule has 0 aromatic rings. The van der Waals surface area contributed by atoms with E-state index in [1.807, 2.05) is 0 Å². The lowest BCUT2D eigenvalue weighted by atomic mass is 10.2. The van der Waals surface area contributed by atoms with Gasteiger partial charge in [0.15, 0.2) is 6.61 Å². The Morgan fingerprint density at radius 1 is 1.27 bits per heavy atom. The maximum Gasteiger partial charge on any atom is 0.326 e. The summed E-state index contributed by atoms with van der Waals surface area (Å²) in [5.41, 5.74) is 0. The number of ether oxygens (including phenoxy) is 1. The average Bonchev–Trinajstić information content (AvgIpc) is 3.09. The Morgan fingerprint density at radius 3 is 2.64 bits per heavy atom. The monoisotopic (exact) mass is 329 g/mol. The van der Waals surface area contributed by atoms with E-state index < -0.39 is 24.5 Å². The van der Waals surface area contributed by atoms with Crippen molar-refractivity contribution in [3.05, 3.63) is 0 Å². The van der Waals surface area contributed by atoms with E-state index in [4.69, 9.17) is 4.74 Å². The molecule has 2 rings (SSSR count). The molecule has 2 aliphatic rings. The maximum absolute atomic E-state index is 11.5. The van der Waals surface area contributed by atoms with Crippen molar-refractivity contribution in [1.82, 2.24) is 15.5 Å². The molecule has 0 bridgehead atoms. The maximum atomic E-state index is 11.5. The predicted octanol–water partition coefficient (Wildman–Crippen LogP) is 0.467. The van der Waals surface area contributed by atoms with Crippen molar-refractivity contribution >= 4 is 34.9 Å². The van der Waals surface area contributed by atoms with Gasteiger partial charge in [-0.15, -0.1) is 0 Å². The van der Waals surface area contributed by atoms with Crippen molar-refractivity contribution in [3.8, 4) is 0 Å². The molecule has 0 aromatic carbocycles. The molecule has 122 valence electrons. The zero-order valence-corrected chi connectivity index (χ0v) is 12.9. The zero-order valence-electron chi connectivity index (χ0n) is 12.1. The van der Waals surface area contributed by atoms with Crippen LogP contribution in [0.25, 0.3) is 0 Å². The van der Waals surface area contributed by atoms with Gasteiger partial charge in [0.25, 0.3) is 11.1 Å². The van der Waals surface area contributed by atoms with Gasteiger partial charge in [0.05, 0.1) is 0 Å². The van der Waals surface area contributed by atoms with Crippen LogP contribution >= 0.6 is 11.8 Å². The number of rotatable bonds is 5. The van der Waals surface area contributed by atoms with Gasteiger partial charge < -0.3 is 15.0 Å². The Kier molecular flexibility index (Phi) is 6.05. The SMILES string of the molecule is O=C(COC(=O)CN1CCSC1=O)NC(=O)NC1CCCC1. The van der Waals surface area contributed by atoms with E-state index in [2.05, 4.69) is 10.6 Å². The van der Waals surface area contributed by atoms with E-state index in [0.717, 1.165) is 37.4 Å². The van der Waals surface area contributed by atoms with E-state index >= 15 is 0 Å². The first-order valence-corrected chi connectivity index (χ1v) is 8.21. The molecule has 0 unspecified atom stereocenters. The number of amides is 4. The van der Waals surface area contributed by atoms with Crippen LogP contribution in [0.15, 0.2) is 0 Å². The minimum absolute atomic E-state index is 0.106. The van der Waals surface area contributed by atoms with E-state index in [1.54, 1.807) is 0 Å². The molecular formula is C13H19N3O5S. The van der Waals surface area contributed by atoms with Gasteiger partial charge in [-0.05, 0) is 12.8 Å². The Labute approximate surface area is 132 Å². The number of urea groups is 1. The van der Waals surface area contributed by atoms with Gasteiger partial charge in [0.1, 0.15) is 6.54 Å². The quantitative estimate of drug-likeness (QED) is 0.710. The largest absolute Gasteiger partial charge is 0.454 e. The third-order valence-electron chi connectivity index (χ3n) is 3.47. The van der Waals surface area contributed by atoms with E-state index in [9.17, 15) is 19.2 Å². The summed E-state index contributed by atoms with van der Waals surface area (Å²) in [5.74, 6) is -0.707. The standard InChI is InChI=1S/C13H19N3O5S/c17-10(15-12(19)14-9-3-1-2-4-9)8-21-11(18)7-16-5-6-22-13(16)20/h9H,1-8H2,(H2,14,15,17,19). The van der Waals surface area contributed by atoms with Crippen LogP contribution in [0.5, 0.6) is 0 Å². The first-order valence-electron chi connectivity index (χ1n) is 7.22. The highest BCUT2D eigenvalue weighted by molar-refractivity contribution is 8.13. The second-order valence-corrected chi connectivity index (χ2v) is 6.25. The Hall–Kier alpha value is -1.77. The normalized spacial score (nSPS) is 18.4. The summed E-state index contributed by atoms with van der Waals surface area (Å²) in [6, 6.07) is -0.465. The summed E-state index contributed by atoms with van der Waals surface area (Å²) in [6.07, 6.45) is 3.98. The van der Waals surface area contributed by atoms with Gasteiger partial charge in [0, 0.05) is 18.3 Å². The third kappa shape index (κ3) is 5.21. The summed E-state index contributed by atoms with van der Waals surface area (Å²) >= 11 is 1.14. The fraction of sp³-hybridized carbons (Fsp3) is 0.692. The van der Waals surface area contributed by atoms with Crippen molar-refractivity contribution < 1.29 is 23.9 Å². The van der Waals surface area contributed by atoms with Crippen LogP contribution in [0.1, 0.15) is 25.7 Å². The smallest absolute Gasteiger partial charge is 0.326 e. The summed E-state index contributed by atoms with van der Waals surface area (Å²) in [6.45, 7) is -0.214. The molecule has 2 N–H and O–H groups in total. The van der Waals surface area contributed by atoms with Crippen LogP contribution in [0.3, 0.4) is 0 Å². The second-order valence-electron chi connectivity index (χ2n) is 5.20. The van der Waals surface area contributed by atoms with E-state index in [-0.39, 0.29) is 17.8 Å². The van der Waals surface area contributed by atoms with E-state index in [1.165, 1.54) is 4.90 Å². The lowest BCUT2D eigenvalue weighted by Gasteiger charge is -2.14. The summed E-state index contributed by atoms with van der Waals surface area (Å²) in [7, 11) is 0. The minimum atomic E-state index is -0.689. The fourth-order valence-corrected chi connectivity index (χ4v) is 3.20. The number of nitrogens with one attached hydrogen (secondary N) is 2. The number of hydrogen-bond acceptors (Lipinski definition) is 6. The number of carbonyl (C=O) groups excluding carboxylic acids is 4. The van der Waals surface area contributed by atoms with Gasteiger partial charge in [-0.2, -0.15) is 0 Å². The molecular weight excluding hydrogens is 310 g/mol. The van der Waals surface area contributed by atoms with Gasteiger partial charge >= 0.3 is 12.0 Å². The second kappa shape index (κ2) is 8.02. The average molecular weight is 329 g/mol. The highest BCUT2D eigenvalue weighted by Gasteiger charge is 2.24. The number of imide groups is 1. The minimum Gasteiger partial charge on any atom is -0.454 e. The molecule has 1 saturated heterocycles. The molecule has 1 aliphatic carbocycles. The molecule has 4 amide bonds. The molecule has 22 heavy (non-hydrogen) atoms. The molecule has 1 saturated carbocycles. The van der Waals surface area contributed by atoms with Crippen molar-refractivity contribution in [3.63, 3.8) is 0 Å². The molecule has 9 heteroatoms. The molecule has 1 aliphatic heterocycles. The first-order chi connectivity index (χ1) is 10.5. The van der Waals surface area contributed by atoms with Crippen LogP contribution in [0.2, 0.25) is 0 Å². The van der Waals surface area contributed by atoms with Crippen molar-refractivity contribution in [2.45, 2.75) is 31.7 Å². The molecule has 2 fully saturated rings. The summed E-state index contributed by atoms with van der Waals surface area (Å²) in [4.78, 5) is 47.2. The number of esters is 1. The number of hydrogen-bond donors (Lipinski definition) is 2. The van der Waals surface area contributed by atoms with Crippen molar-refractivity contribution in [1.29, 1.82) is 0 Å². The Bertz CT molecular complexity index is 465. The Morgan fingerprint density at radius 2 is 2.00 bits per heavy atom. The summed E-state index contributed by atoms with van der Waals surface area (Å²) in [5, 5.41) is 4.64. The molecule has 0 aromatic heterocycles. The van der Waals surface area contributed by atoms with Gasteiger partial charge in [-0.3, -0.25) is 19.7 Å². The van der Waals surface area contributed by atoms with Crippen LogP contribution in [0.4, 0.5) is 9.59 Å². The van der Waals surface area contributed by atoms with Crippen LogP contribution in [0, 0.1) is 0 Å². The Balaban J connectivity index is 1.61. The molecule has 0 spiro atoms. The van der Waals surface area contributed by atoms with E-state index in [0.29, 0.717) is 12.3 Å². The topological polar surface area (TPSA) is 105 Å². The molecule has 1 heterocycles. The number of carbonyl (C=O) groups is 4. The molecule has 0 radical (unpaired) electrons. The van der Waals surface area contributed by atoms with Gasteiger partial charge in [0.2, 0.25) is 0 Å². The first kappa shape index (κ1) is 16.6. The van der Waals surface area contributed by atoms with Crippen molar-refractivity contribution in [2.24, 2.45) is 0 Å². The van der Waals surface area contributed by atoms with Gasteiger partial charge in [-0.1, -0.05) is 24.6 Å². The fourth-order valence-electron chi connectivity index (χ4n) is 2.37. The van der Waals surface area contributed by atoms with Gasteiger partial charge in [-0.25, -0.2) is 4.79 Å². The third-order valence-corrected chi connectivity index (χ3v) is 4.36. The lowest BCUT2D eigenvalue weighted by Crippen LogP contribution is -2.45. The summed E-state index contributed by atoms with van der Waals surface area (Å²) < 4.78 is 4.75. The number of nitrogens with zero attached hydrogens (tertiary/aromatic N) is 1. The van der Waals surface area contributed by atoms with Crippen LogP contribution < -0.4 is 10.6 Å². The van der Waals surface area contributed by atoms with Crippen LogP contribution in [-0.2, 0) is 14.3 Å².